The number of amides is 1. The van der Waals surface area contributed by atoms with E-state index in [1.165, 1.54) is 12.3 Å². The highest BCUT2D eigenvalue weighted by Crippen LogP contribution is 2.21. The van der Waals surface area contributed by atoms with Crippen molar-refractivity contribution in [2.45, 2.75) is 6.42 Å². The van der Waals surface area contributed by atoms with Gasteiger partial charge in [-0.1, -0.05) is 18.2 Å². The molecule has 0 bridgehead atoms. The fourth-order valence-corrected chi connectivity index (χ4v) is 2.88. The first kappa shape index (κ1) is 18.0. The molecule has 4 rings (SSSR count). The van der Waals surface area contributed by atoms with E-state index in [0.717, 1.165) is 5.56 Å². The van der Waals surface area contributed by atoms with Crippen LogP contribution < -0.4 is 15.6 Å². The molecule has 0 atom stereocenters. The molecule has 29 heavy (non-hydrogen) atoms. The maximum Gasteiger partial charge on any atom is 0.419 e. The molecule has 0 spiro atoms. The maximum atomic E-state index is 12.2. The van der Waals surface area contributed by atoms with Crippen LogP contribution in [-0.2, 0) is 6.42 Å². The van der Waals surface area contributed by atoms with Crippen molar-refractivity contribution < 1.29 is 13.9 Å². The van der Waals surface area contributed by atoms with Crippen LogP contribution in [0.1, 0.15) is 16.8 Å². The average Bonchev–Trinajstić information content (AvgIpc) is 3.23. The molecule has 142 valence electrons. The predicted molar refractivity (Wildman–Crippen MR) is 105 cm³/mol. The van der Waals surface area contributed by atoms with Crippen LogP contribution >= 0.6 is 0 Å². The SMILES string of the molecule is N#Cc1ccc(Cc2n[nH]c(=O)c3cc(NC(=O)Oc4ccco4)ccc23)cc1. The molecule has 8 nitrogen and oxygen atoms in total. The summed E-state index contributed by atoms with van der Waals surface area (Å²) in [4.78, 5) is 24.2. The molecule has 1 amide bonds. The van der Waals surface area contributed by atoms with Gasteiger partial charge in [-0.2, -0.15) is 10.4 Å². The number of aromatic amines is 1. The summed E-state index contributed by atoms with van der Waals surface area (Å²) in [6.07, 6.45) is 1.13. The zero-order chi connectivity index (χ0) is 20.2. The number of benzene rings is 2. The molecule has 0 aliphatic rings. The van der Waals surface area contributed by atoms with Crippen molar-refractivity contribution in [3.05, 3.63) is 88.0 Å². The van der Waals surface area contributed by atoms with Gasteiger partial charge >= 0.3 is 6.09 Å². The van der Waals surface area contributed by atoms with Gasteiger partial charge in [0.15, 0.2) is 0 Å². The van der Waals surface area contributed by atoms with E-state index in [4.69, 9.17) is 14.4 Å². The molecule has 0 saturated heterocycles. The molecule has 0 aliphatic heterocycles. The summed E-state index contributed by atoms with van der Waals surface area (Å²) in [6.45, 7) is 0. The molecule has 2 aromatic heterocycles. The Morgan fingerprint density at radius 3 is 2.72 bits per heavy atom. The van der Waals surface area contributed by atoms with Gasteiger partial charge in [-0.15, -0.1) is 0 Å². The van der Waals surface area contributed by atoms with Crippen LogP contribution in [-0.4, -0.2) is 16.3 Å². The molecule has 4 aromatic rings. The Morgan fingerprint density at radius 1 is 1.17 bits per heavy atom. The molecule has 2 aromatic carbocycles. The Labute approximate surface area is 164 Å². The fourth-order valence-electron chi connectivity index (χ4n) is 2.88. The Kier molecular flexibility index (Phi) is 4.78. The van der Waals surface area contributed by atoms with Crippen molar-refractivity contribution in [2.75, 3.05) is 5.32 Å². The number of nitrogens with one attached hydrogen (secondary N) is 2. The topological polar surface area (TPSA) is 121 Å². The number of carbonyl (C=O) groups excluding carboxylic acids is 1. The second-order valence-electron chi connectivity index (χ2n) is 6.19. The summed E-state index contributed by atoms with van der Waals surface area (Å²) in [6, 6.07) is 17.3. The first-order valence-corrected chi connectivity index (χ1v) is 8.65. The lowest BCUT2D eigenvalue weighted by Crippen LogP contribution is -2.17. The average molecular weight is 386 g/mol. The second-order valence-corrected chi connectivity index (χ2v) is 6.19. The lowest BCUT2D eigenvalue weighted by atomic mass is 10.0. The number of aromatic nitrogens is 2. The molecule has 0 unspecified atom stereocenters. The highest BCUT2D eigenvalue weighted by atomic mass is 16.6. The molecule has 0 radical (unpaired) electrons. The molecule has 2 N–H and O–H groups in total. The van der Waals surface area contributed by atoms with Crippen molar-refractivity contribution in [3.8, 4) is 12.0 Å². The van der Waals surface area contributed by atoms with E-state index in [2.05, 4.69) is 21.6 Å². The van der Waals surface area contributed by atoms with Crippen LogP contribution in [0.25, 0.3) is 10.8 Å². The zero-order valence-electron chi connectivity index (χ0n) is 15.0. The first-order chi connectivity index (χ1) is 14.1. The smallest absolute Gasteiger partial charge is 0.419 e. The molecular weight excluding hydrogens is 372 g/mol. The van der Waals surface area contributed by atoms with E-state index in [1.54, 1.807) is 36.4 Å². The monoisotopic (exact) mass is 386 g/mol. The van der Waals surface area contributed by atoms with E-state index in [0.29, 0.717) is 34.1 Å². The molecule has 8 heteroatoms. The highest BCUT2D eigenvalue weighted by molar-refractivity contribution is 5.92. The Morgan fingerprint density at radius 2 is 2.00 bits per heavy atom. The summed E-state index contributed by atoms with van der Waals surface area (Å²) in [5, 5.41) is 19.2. The Bertz CT molecular complexity index is 1270. The van der Waals surface area contributed by atoms with E-state index >= 15 is 0 Å². The highest BCUT2D eigenvalue weighted by Gasteiger charge is 2.11. The van der Waals surface area contributed by atoms with Gasteiger partial charge in [-0.25, -0.2) is 9.89 Å². The zero-order valence-corrected chi connectivity index (χ0v) is 15.0. The Balaban J connectivity index is 1.59. The summed E-state index contributed by atoms with van der Waals surface area (Å²) < 4.78 is 9.94. The number of furan rings is 1. The van der Waals surface area contributed by atoms with Gasteiger partial charge in [0.1, 0.15) is 0 Å². The molecular formula is C21H14N4O4. The van der Waals surface area contributed by atoms with E-state index in [1.807, 2.05) is 12.1 Å². The molecule has 0 saturated carbocycles. The van der Waals surface area contributed by atoms with E-state index in [9.17, 15) is 9.59 Å². The van der Waals surface area contributed by atoms with E-state index in [-0.39, 0.29) is 11.5 Å². The fraction of sp³-hybridized carbons (Fsp3) is 0.0476. The number of nitrogens with zero attached hydrogens (tertiary/aromatic N) is 2. The third kappa shape index (κ3) is 3.99. The number of rotatable bonds is 4. The van der Waals surface area contributed by atoms with Crippen LogP contribution in [0.15, 0.2) is 70.1 Å². The van der Waals surface area contributed by atoms with Crippen molar-refractivity contribution in [1.82, 2.24) is 10.2 Å². The number of ether oxygens (including phenoxy) is 1. The number of hydrogen-bond acceptors (Lipinski definition) is 6. The maximum absolute atomic E-state index is 12.2. The van der Waals surface area contributed by atoms with E-state index < -0.39 is 6.09 Å². The summed E-state index contributed by atoms with van der Waals surface area (Å²) in [5.74, 6) is 0.0649. The number of hydrogen-bond donors (Lipinski definition) is 2. The molecule has 2 heterocycles. The number of H-pyrrole nitrogens is 1. The lowest BCUT2D eigenvalue weighted by molar-refractivity contribution is 0.202. The van der Waals surface area contributed by atoms with Crippen molar-refractivity contribution in [3.63, 3.8) is 0 Å². The van der Waals surface area contributed by atoms with Crippen molar-refractivity contribution >= 4 is 22.6 Å². The molecule has 0 aliphatic carbocycles. The van der Waals surface area contributed by atoms with Crippen LogP contribution in [0.3, 0.4) is 0 Å². The Hall–Kier alpha value is -4.38. The summed E-state index contributed by atoms with van der Waals surface area (Å²) >= 11 is 0. The van der Waals surface area contributed by atoms with Gasteiger partial charge in [0, 0.05) is 23.6 Å². The second kappa shape index (κ2) is 7.70. The standard InChI is InChI=1S/C21H14N4O4/c22-12-14-5-3-13(4-6-14)10-18-16-8-7-15(11-17(16)20(26)25-24-18)23-21(27)29-19-2-1-9-28-19/h1-9,11H,10H2,(H,23,27)(H,25,26). The number of anilines is 1. The van der Waals surface area contributed by atoms with Crippen LogP contribution in [0.4, 0.5) is 10.5 Å². The molecule has 0 fully saturated rings. The van der Waals surface area contributed by atoms with Crippen LogP contribution in [0.2, 0.25) is 0 Å². The normalized spacial score (nSPS) is 10.4. The third-order valence-corrected chi connectivity index (χ3v) is 4.26. The summed E-state index contributed by atoms with van der Waals surface area (Å²) in [5.41, 5.74) is 2.23. The largest absolute Gasteiger partial charge is 0.434 e. The van der Waals surface area contributed by atoms with Crippen molar-refractivity contribution in [2.24, 2.45) is 0 Å². The predicted octanol–water partition coefficient (Wildman–Crippen LogP) is 3.59. The van der Waals surface area contributed by atoms with Gasteiger partial charge in [0.2, 0.25) is 0 Å². The first-order valence-electron chi connectivity index (χ1n) is 8.65. The quantitative estimate of drug-likeness (QED) is 0.553. The van der Waals surface area contributed by atoms with Crippen LogP contribution in [0, 0.1) is 11.3 Å². The van der Waals surface area contributed by atoms with Gasteiger partial charge in [0.25, 0.3) is 11.5 Å². The minimum absolute atomic E-state index is 0.0649. The van der Waals surface area contributed by atoms with Gasteiger partial charge in [-0.3, -0.25) is 10.1 Å². The van der Waals surface area contributed by atoms with Gasteiger partial charge in [-0.05, 0) is 35.9 Å². The minimum atomic E-state index is -0.734. The van der Waals surface area contributed by atoms with Gasteiger partial charge in [0.05, 0.1) is 29.0 Å². The summed E-state index contributed by atoms with van der Waals surface area (Å²) in [7, 11) is 0. The number of nitriles is 1. The minimum Gasteiger partial charge on any atom is -0.434 e. The number of carbonyl (C=O) groups is 1. The van der Waals surface area contributed by atoms with Gasteiger partial charge < -0.3 is 9.15 Å². The third-order valence-electron chi connectivity index (χ3n) is 4.26. The lowest BCUT2D eigenvalue weighted by Gasteiger charge is -2.08. The number of fused-ring (bicyclic) bond motifs is 1. The van der Waals surface area contributed by atoms with Crippen LogP contribution in [0.5, 0.6) is 5.95 Å². The van der Waals surface area contributed by atoms with Crippen molar-refractivity contribution in [1.29, 1.82) is 5.26 Å².